The number of aromatic hydroxyl groups is 1. The minimum atomic E-state index is -1.58. The summed E-state index contributed by atoms with van der Waals surface area (Å²) in [5.74, 6) is -6.02. The molecule has 11 nitrogen and oxygen atoms in total. The van der Waals surface area contributed by atoms with Gasteiger partial charge < -0.3 is 9.84 Å². The third kappa shape index (κ3) is 5.63. The zero-order valence-corrected chi connectivity index (χ0v) is 31.0. The lowest BCUT2D eigenvalue weighted by molar-refractivity contribution is -0.384. The highest BCUT2D eigenvalue weighted by atomic mass is 35.5. The molecule has 0 unspecified atom stereocenters. The average molecular weight is 780 g/mol. The number of rotatable bonds is 8. The van der Waals surface area contributed by atoms with Crippen molar-refractivity contribution in [1.29, 1.82) is 0 Å². The van der Waals surface area contributed by atoms with Crippen molar-refractivity contribution < 1.29 is 33.9 Å². The molecule has 0 bridgehead atoms. The minimum absolute atomic E-state index is 0.0617. The van der Waals surface area contributed by atoms with Crippen LogP contribution in [0.2, 0.25) is 5.02 Å². The van der Waals surface area contributed by atoms with E-state index in [2.05, 4.69) is 0 Å². The third-order valence-electron chi connectivity index (χ3n) is 12.0. The van der Waals surface area contributed by atoms with Gasteiger partial charge in [0, 0.05) is 34.7 Å². The van der Waals surface area contributed by atoms with Gasteiger partial charge in [0.1, 0.15) is 18.1 Å². The Bertz CT molecular complexity index is 2510. The number of nitro groups is 1. The molecule has 1 saturated carbocycles. The van der Waals surface area contributed by atoms with E-state index in [-0.39, 0.29) is 36.6 Å². The van der Waals surface area contributed by atoms with Crippen LogP contribution in [-0.2, 0) is 31.2 Å². The zero-order chi connectivity index (χ0) is 39.6. The summed E-state index contributed by atoms with van der Waals surface area (Å²) in [5.41, 5.74) is 1.27. The highest BCUT2D eigenvalue weighted by Crippen LogP contribution is 2.65. The normalized spacial score (nSPS) is 25.1. The van der Waals surface area contributed by atoms with Crippen LogP contribution < -0.4 is 14.5 Å². The van der Waals surface area contributed by atoms with Crippen molar-refractivity contribution in [3.63, 3.8) is 0 Å². The van der Waals surface area contributed by atoms with Crippen molar-refractivity contribution >= 4 is 52.3 Å². The number of nitro benzene ring substituents is 1. The highest BCUT2D eigenvalue weighted by molar-refractivity contribution is 6.32. The Labute approximate surface area is 331 Å². The molecule has 2 saturated heterocycles. The molecule has 284 valence electrons. The number of halogens is 1. The molecule has 0 aromatic heterocycles. The van der Waals surface area contributed by atoms with Gasteiger partial charge in [0.05, 0.1) is 39.5 Å². The van der Waals surface area contributed by atoms with Gasteiger partial charge in [0.2, 0.25) is 23.6 Å². The number of carbonyl (C=O) groups is 4. The molecular formula is C45H34ClN3O8. The van der Waals surface area contributed by atoms with Crippen molar-refractivity contribution in [3.8, 4) is 11.5 Å². The molecule has 4 amide bonds. The SMILES string of the molecule is O=C1[C@H]2[C@H](CC=C3[C@H]2C[C@H]2C(=O)N(c4cccc(Cl)c4)C(=O)[C@@]2(c2ccccc2)[C@H]3c2ccc(OCc3ccccc3)cc2O)C(=O)N1c1ccc([N+](=O)[O-])cc1. The van der Waals surface area contributed by atoms with Gasteiger partial charge in [-0.2, -0.15) is 0 Å². The van der Waals surface area contributed by atoms with E-state index in [4.69, 9.17) is 16.3 Å². The number of ether oxygens (including phenoxy) is 1. The fourth-order valence-electron chi connectivity index (χ4n) is 9.66. The Morgan fingerprint density at radius 2 is 1.49 bits per heavy atom. The smallest absolute Gasteiger partial charge is 0.269 e. The van der Waals surface area contributed by atoms with E-state index < -0.39 is 63.6 Å². The maximum atomic E-state index is 15.5. The number of carbonyl (C=O) groups excluding carboxylic acids is 4. The van der Waals surface area contributed by atoms with Crippen LogP contribution >= 0.6 is 11.6 Å². The Hall–Kier alpha value is -6.59. The van der Waals surface area contributed by atoms with Crippen molar-refractivity contribution in [2.45, 2.75) is 30.8 Å². The number of non-ortho nitro benzene ring substituents is 1. The molecule has 2 aliphatic carbocycles. The standard InChI is InChI=1S/C45H34ClN3O8/c46-28-12-7-13-31(22-28)48-42(52)37-24-36-33(20-21-35-39(36)43(53)47(41(35)51)29-14-16-30(17-15-29)49(55)56)40(45(37,44(48)54)27-10-5-2-6-11-27)34-19-18-32(23-38(34)50)57-25-26-8-3-1-4-9-26/h1-20,22-23,35-37,39-40,50H,21,24-25H2/t35-,36+,37-,39-,40+,45+/m0/s1. The van der Waals surface area contributed by atoms with Gasteiger partial charge in [-0.05, 0) is 66.3 Å². The van der Waals surface area contributed by atoms with Gasteiger partial charge in [-0.15, -0.1) is 0 Å². The second kappa shape index (κ2) is 13.9. The number of hydrogen-bond donors (Lipinski definition) is 1. The number of fused-ring (bicyclic) bond motifs is 4. The first-order valence-electron chi connectivity index (χ1n) is 18.6. The van der Waals surface area contributed by atoms with Crippen molar-refractivity contribution in [1.82, 2.24) is 0 Å². The van der Waals surface area contributed by atoms with E-state index >= 15 is 9.59 Å². The number of phenolic OH excluding ortho intramolecular Hbond substituents is 1. The summed E-state index contributed by atoms with van der Waals surface area (Å²) in [5, 5.41) is 23.7. The van der Waals surface area contributed by atoms with Crippen molar-refractivity contribution in [2.75, 3.05) is 9.80 Å². The van der Waals surface area contributed by atoms with E-state index in [9.17, 15) is 24.8 Å². The maximum Gasteiger partial charge on any atom is 0.269 e. The Morgan fingerprint density at radius 1 is 0.772 bits per heavy atom. The summed E-state index contributed by atoms with van der Waals surface area (Å²) in [6, 6.07) is 35.3. The number of allylic oxidation sites excluding steroid dienone is 2. The van der Waals surface area contributed by atoms with Crippen LogP contribution in [0.3, 0.4) is 0 Å². The Morgan fingerprint density at radius 3 is 2.18 bits per heavy atom. The number of phenols is 1. The highest BCUT2D eigenvalue weighted by Gasteiger charge is 2.70. The monoisotopic (exact) mass is 779 g/mol. The summed E-state index contributed by atoms with van der Waals surface area (Å²) in [4.78, 5) is 72.2. The molecule has 2 heterocycles. The number of benzene rings is 5. The molecule has 4 aliphatic rings. The van der Waals surface area contributed by atoms with E-state index in [1.165, 1.54) is 35.2 Å². The van der Waals surface area contributed by atoms with E-state index in [1.807, 2.05) is 54.6 Å². The molecule has 12 heteroatoms. The first kappa shape index (κ1) is 36.1. The van der Waals surface area contributed by atoms with Crippen LogP contribution in [-0.4, -0.2) is 33.7 Å². The fraction of sp³-hybridized carbons (Fsp3) is 0.200. The average Bonchev–Trinajstić information content (AvgIpc) is 3.61. The van der Waals surface area contributed by atoms with Crippen LogP contribution in [0, 0.1) is 33.8 Å². The molecular weight excluding hydrogens is 746 g/mol. The third-order valence-corrected chi connectivity index (χ3v) is 12.3. The summed E-state index contributed by atoms with van der Waals surface area (Å²) in [7, 11) is 0. The van der Waals surface area contributed by atoms with Gasteiger partial charge in [-0.1, -0.05) is 96.0 Å². The lowest BCUT2D eigenvalue weighted by Crippen LogP contribution is -2.53. The topological polar surface area (TPSA) is 147 Å². The number of hydrogen-bond acceptors (Lipinski definition) is 8. The van der Waals surface area contributed by atoms with Gasteiger partial charge in [0.15, 0.2) is 0 Å². The zero-order valence-electron chi connectivity index (χ0n) is 30.2. The predicted molar refractivity (Wildman–Crippen MR) is 211 cm³/mol. The second-order valence-corrected chi connectivity index (χ2v) is 15.3. The lowest BCUT2D eigenvalue weighted by Gasteiger charge is -2.50. The van der Waals surface area contributed by atoms with Crippen LogP contribution in [0.1, 0.15) is 35.4 Å². The molecule has 0 radical (unpaired) electrons. The quantitative estimate of drug-likeness (QED) is 0.0724. The summed E-state index contributed by atoms with van der Waals surface area (Å²) < 4.78 is 6.06. The Kier molecular flexibility index (Phi) is 8.77. The van der Waals surface area contributed by atoms with Gasteiger partial charge in [0.25, 0.3) is 5.69 Å². The minimum Gasteiger partial charge on any atom is -0.508 e. The molecule has 5 aromatic rings. The number of amides is 4. The summed E-state index contributed by atoms with van der Waals surface area (Å²) >= 11 is 6.42. The molecule has 1 N–H and O–H groups in total. The largest absolute Gasteiger partial charge is 0.508 e. The van der Waals surface area contributed by atoms with E-state index in [1.54, 1.807) is 48.5 Å². The van der Waals surface area contributed by atoms with Gasteiger partial charge in [-0.25, -0.2) is 4.90 Å². The van der Waals surface area contributed by atoms with Crippen LogP contribution in [0.5, 0.6) is 11.5 Å². The number of imide groups is 2. The lowest BCUT2D eigenvalue weighted by atomic mass is 9.49. The molecule has 3 fully saturated rings. The number of nitrogens with zero attached hydrogens (tertiary/aromatic N) is 3. The van der Waals surface area contributed by atoms with Crippen molar-refractivity contribution in [3.05, 3.63) is 171 Å². The number of anilines is 2. The summed E-state index contributed by atoms with van der Waals surface area (Å²) in [6.45, 7) is 0.248. The van der Waals surface area contributed by atoms with Crippen molar-refractivity contribution in [2.24, 2.45) is 23.7 Å². The molecule has 9 rings (SSSR count). The van der Waals surface area contributed by atoms with E-state index in [0.29, 0.717) is 33.2 Å². The Balaban J connectivity index is 1.20. The predicted octanol–water partition coefficient (Wildman–Crippen LogP) is 7.90. The van der Waals surface area contributed by atoms with Crippen LogP contribution in [0.25, 0.3) is 0 Å². The summed E-state index contributed by atoms with van der Waals surface area (Å²) in [6.07, 6.45) is 2.13. The molecule has 2 aliphatic heterocycles. The van der Waals surface area contributed by atoms with Crippen LogP contribution in [0.15, 0.2) is 139 Å². The van der Waals surface area contributed by atoms with E-state index in [0.717, 1.165) is 10.5 Å². The first-order chi connectivity index (χ1) is 27.6. The van der Waals surface area contributed by atoms with Gasteiger partial charge in [-0.3, -0.25) is 34.2 Å². The fourth-order valence-corrected chi connectivity index (χ4v) is 9.85. The molecule has 5 aromatic carbocycles. The first-order valence-corrected chi connectivity index (χ1v) is 19.0. The maximum absolute atomic E-state index is 15.5. The second-order valence-electron chi connectivity index (χ2n) is 14.9. The molecule has 57 heavy (non-hydrogen) atoms. The molecule has 0 spiro atoms. The van der Waals surface area contributed by atoms with Gasteiger partial charge >= 0.3 is 0 Å². The molecule has 6 atom stereocenters. The van der Waals surface area contributed by atoms with Crippen LogP contribution in [0.4, 0.5) is 17.1 Å².